The lowest BCUT2D eigenvalue weighted by Gasteiger charge is -2.22. The van der Waals surface area contributed by atoms with Gasteiger partial charge in [-0.05, 0) is 97.5 Å². The van der Waals surface area contributed by atoms with E-state index in [0.717, 1.165) is 50.7 Å². The lowest BCUT2D eigenvalue weighted by Crippen LogP contribution is -2.06. The van der Waals surface area contributed by atoms with E-state index in [0.29, 0.717) is 0 Å². The van der Waals surface area contributed by atoms with Crippen LogP contribution in [0.25, 0.3) is 28.5 Å². The van der Waals surface area contributed by atoms with Crippen LogP contribution < -0.4 is 0 Å². The SMILES string of the molecule is CC(C)c1nc2c(c(-c3ccc(F)cc3)c1C=C(Br)Br)CCCc1ccccc1-2. The fourth-order valence-electron chi connectivity index (χ4n) is 4.19. The summed E-state index contributed by atoms with van der Waals surface area (Å²) in [5, 5.41) is 0. The third kappa shape index (κ3) is 4.10. The molecule has 3 aromatic rings. The van der Waals surface area contributed by atoms with Crippen molar-refractivity contribution < 1.29 is 4.39 Å². The predicted molar refractivity (Wildman–Crippen MR) is 127 cm³/mol. The second-order valence-electron chi connectivity index (χ2n) is 7.72. The van der Waals surface area contributed by atoms with Gasteiger partial charge in [-0.25, -0.2) is 4.39 Å². The van der Waals surface area contributed by atoms with Crippen LogP contribution in [0, 0.1) is 5.82 Å². The third-order valence-corrected chi connectivity index (χ3v) is 5.90. The highest BCUT2D eigenvalue weighted by Crippen LogP contribution is 2.42. The van der Waals surface area contributed by atoms with E-state index >= 15 is 0 Å². The van der Waals surface area contributed by atoms with Crippen LogP contribution in [0.2, 0.25) is 0 Å². The molecule has 29 heavy (non-hydrogen) atoms. The molecule has 1 aliphatic carbocycles. The molecule has 1 heterocycles. The van der Waals surface area contributed by atoms with E-state index in [1.165, 1.54) is 16.7 Å². The van der Waals surface area contributed by atoms with Crippen molar-refractivity contribution >= 4 is 37.9 Å². The topological polar surface area (TPSA) is 12.9 Å². The fraction of sp³-hybridized carbons (Fsp3) is 0.240. The molecule has 1 nitrogen and oxygen atoms in total. The van der Waals surface area contributed by atoms with E-state index in [4.69, 9.17) is 4.98 Å². The minimum Gasteiger partial charge on any atom is -0.252 e. The van der Waals surface area contributed by atoms with Gasteiger partial charge in [-0.15, -0.1) is 0 Å². The molecule has 1 aromatic heterocycles. The molecule has 4 rings (SSSR count). The van der Waals surface area contributed by atoms with Gasteiger partial charge in [-0.2, -0.15) is 0 Å². The Morgan fingerprint density at radius 1 is 1.03 bits per heavy atom. The number of hydrogen-bond acceptors (Lipinski definition) is 1. The van der Waals surface area contributed by atoms with E-state index < -0.39 is 0 Å². The molecule has 0 amide bonds. The van der Waals surface area contributed by atoms with Crippen LogP contribution in [0.4, 0.5) is 4.39 Å². The largest absolute Gasteiger partial charge is 0.252 e. The van der Waals surface area contributed by atoms with Gasteiger partial charge in [0.1, 0.15) is 5.82 Å². The predicted octanol–water partition coefficient (Wildman–Crippen LogP) is 8.26. The molecule has 0 atom stereocenters. The minimum absolute atomic E-state index is 0.220. The average molecular weight is 515 g/mol. The first kappa shape index (κ1) is 20.5. The maximum absolute atomic E-state index is 13.7. The lowest BCUT2D eigenvalue weighted by atomic mass is 9.87. The zero-order valence-electron chi connectivity index (χ0n) is 16.5. The van der Waals surface area contributed by atoms with Crippen LogP contribution in [0.1, 0.15) is 48.6 Å². The van der Waals surface area contributed by atoms with Gasteiger partial charge in [0.25, 0.3) is 0 Å². The Bertz CT molecular complexity index is 1080. The Morgan fingerprint density at radius 2 is 1.76 bits per heavy atom. The highest BCUT2D eigenvalue weighted by Gasteiger charge is 2.25. The molecule has 2 aromatic carbocycles. The van der Waals surface area contributed by atoms with E-state index in [1.54, 1.807) is 12.1 Å². The minimum atomic E-state index is -0.220. The summed E-state index contributed by atoms with van der Waals surface area (Å²) in [6.45, 7) is 4.34. The number of halogens is 3. The number of aryl methyl sites for hydroxylation is 1. The first-order valence-corrected chi connectivity index (χ1v) is 11.5. The Balaban J connectivity index is 2.13. The summed E-state index contributed by atoms with van der Waals surface area (Å²) in [7, 11) is 0. The Hall–Kier alpha value is -1.78. The first-order valence-electron chi connectivity index (χ1n) is 9.89. The van der Waals surface area contributed by atoms with Crippen molar-refractivity contribution in [3.05, 3.63) is 80.1 Å². The van der Waals surface area contributed by atoms with Gasteiger partial charge in [0, 0.05) is 11.1 Å². The van der Waals surface area contributed by atoms with Crippen LogP contribution in [-0.2, 0) is 12.8 Å². The van der Waals surface area contributed by atoms with Crippen molar-refractivity contribution in [2.24, 2.45) is 0 Å². The summed E-state index contributed by atoms with van der Waals surface area (Å²) >= 11 is 7.08. The standard InChI is InChI=1S/C25H22Br2FN/c1-15(2)24-21(14-22(26)27)23(17-10-12-18(28)13-11-17)20-9-5-7-16-6-3-4-8-19(16)25(20)29-24/h3-4,6,8,10-15H,5,7,9H2,1-2H3. The zero-order valence-corrected chi connectivity index (χ0v) is 19.6. The van der Waals surface area contributed by atoms with Gasteiger partial charge in [-0.1, -0.05) is 50.2 Å². The van der Waals surface area contributed by atoms with Gasteiger partial charge in [-0.3, -0.25) is 4.98 Å². The van der Waals surface area contributed by atoms with Crippen LogP contribution in [-0.4, -0.2) is 4.98 Å². The summed E-state index contributed by atoms with van der Waals surface area (Å²) in [5.74, 6) is 0.0302. The monoisotopic (exact) mass is 513 g/mol. The molecule has 0 bridgehead atoms. The summed E-state index contributed by atoms with van der Waals surface area (Å²) in [6.07, 6.45) is 5.14. The molecule has 0 unspecified atom stereocenters. The maximum atomic E-state index is 13.7. The number of benzene rings is 2. The Morgan fingerprint density at radius 3 is 2.45 bits per heavy atom. The normalized spacial score (nSPS) is 12.9. The fourth-order valence-corrected chi connectivity index (χ4v) is 4.65. The molecule has 148 valence electrons. The molecule has 4 heteroatoms. The number of nitrogens with zero attached hydrogens (tertiary/aromatic N) is 1. The van der Waals surface area contributed by atoms with Crippen molar-refractivity contribution in [3.63, 3.8) is 0 Å². The van der Waals surface area contributed by atoms with Crippen LogP contribution >= 0.6 is 31.9 Å². The molecule has 1 aliphatic rings. The van der Waals surface area contributed by atoms with Gasteiger partial charge in [0.2, 0.25) is 0 Å². The van der Waals surface area contributed by atoms with Crippen molar-refractivity contribution in [3.8, 4) is 22.4 Å². The number of pyridine rings is 1. The molecule has 0 radical (unpaired) electrons. The van der Waals surface area contributed by atoms with Crippen molar-refractivity contribution in [1.82, 2.24) is 4.98 Å². The van der Waals surface area contributed by atoms with E-state index in [-0.39, 0.29) is 11.7 Å². The third-order valence-electron chi connectivity index (χ3n) is 5.44. The summed E-state index contributed by atoms with van der Waals surface area (Å²) < 4.78 is 14.5. The second-order valence-corrected chi connectivity index (χ2v) is 10.5. The lowest BCUT2D eigenvalue weighted by molar-refractivity contribution is 0.628. The van der Waals surface area contributed by atoms with Crippen molar-refractivity contribution in [1.29, 1.82) is 0 Å². The Kier molecular flexibility index (Phi) is 6.03. The number of rotatable bonds is 3. The van der Waals surface area contributed by atoms with Gasteiger partial charge >= 0.3 is 0 Å². The molecule has 0 aliphatic heterocycles. The quantitative estimate of drug-likeness (QED) is 0.342. The van der Waals surface area contributed by atoms with Crippen LogP contribution in [0.15, 0.2) is 51.9 Å². The molecule has 0 saturated carbocycles. The molecular weight excluding hydrogens is 493 g/mol. The van der Waals surface area contributed by atoms with Gasteiger partial charge in [0.05, 0.1) is 14.8 Å². The molecular formula is C25H22Br2FN. The summed E-state index contributed by atoms with van der Waals surface area (Å²) in [5.41, 5.74) is 9.22. The molecule has 0 fully saturated rings. The Labute approximate surface area is 188 Å². The van der Waals surface area contributed by atoms with Crippen molar-refractivity contribution in [2.45, 2.75) is 39.0 Å². The zero-order chi connectivity index (χ0) is 20.5. The van der Waals surface area contributed by atoms with E-state index in [1.807, 2.05) is 12.1 Å². The molecule has 0 saturated heterocycles. The summed E-state index contributed by atoms with van der Waals surface area (Å²) in [4.78, 5) is 5.21. The first-order chi connectivity index (χ1) is 14.0. The van der Waals surface area contributed by atoms with E-state index in [9.17, 15) is 4.39 Å². The van der Waals surface area contributed by atoms with Gasteiger partial charge in [0.15, 0.2) is 0 Å². The van der Waals surface area contributed by atoms with Crippen LogP contribution in [0.5, 0.6) is 0 Å². The summed E-state index contributed by atoms with van der Waals surface area (Å²) in [6, 6.07) is 15.4. The average Bonchev–Trinajstić information content (AvgIpc) is 2.87. The van der Waals surface area contributed by atoms with Crippen LogP contribution in [0.3, 0.4) is 0 Å². The maximum Gasteiger partial charge on any atom is 0.123 e. The number of fused-ring (bicyclic) bond motifs is 3. The van der Waals surface area contributed by atoms with Gasteiger partial charge < -0.3 is 0 Å². The molecule has 0 N–H and O–H groups in total. The molecule has 0 spiro atoms. The van der Waals surface area contributed by atoms with Crippen molar-refractivity contribution in [2.75, 3.05) is 0 Å². The number of hydrogen-bond donors (Lipinski definition) is 0. The highest BCUT2D eigenvalue weighted by molar-refractivity contribution is 9.28. The smallest absolute Gasteiger partial charge is 0.123 e. The number of aromatic nitrogens is 1. The highest BCUT2D eigenvalue weighted by atomic mass is 79.9. The van der Waals surface area contributed by atoms with E-state index in [2.05, 4.69) is 76.0 Å². The second kappa shape index (κ2) is 8.53.